The molecular weight excluding hydrogens is 222 g/mol. The van der Waals surface area contributed by atoms with Crippen LogP contribution in [0.15, 0.2) is 0 Å². The van der Waals surface area contributed by atoms with Crippen LogP contribution >= 0.6 is 0 Å². The highest BCUT2D eigenvalue weighted by Gasteiger charge is 2.22. The van der Waals surface area contributed by atoms with E-state index in [9.17, 15) is 4.79 Å². The number of nitrogens with one attached hydrogen (secondary N) is 1. The van der Waals surface area contributed by atoms with E-state index in [2.05, 4.69) is 5.32 Å². The maximum Gasteiger partial charge on any atom is 0.408 e. The Morgan fingerprint density at radius 1 is 1.60 bits per heavy atom. The van der Waals surface area contributed by atoms with Gasteiger partial charge in [0, 0.05) is 0 Å². The van der Waals surface area contributed by atoms with Gasteiger partial charge in [-0.2, -0.15) is 0 Å². The Labute approximate surface area is 95.1 Å². The molecule has 1 atom stereocenters. The average Bonchev–Trinajstić information content (AvgIpc) is 1.96. The summed E-state index contributed by atoms with van der Waals surface area (Å²) >= 11 is 0. The quantitative estimate of drug-likeness (QED) is 0.292. The molecular formula is C8H18ClN3O3. The minimum Gasteiger partial charge on any atom is -1.00 e. The molecule has 1 unspecified atom stereocenters. The minimum atomic E-state index is -0.773. The van der Waals surface area contributed by atoms with Crippen molar-refractivity contribution in [1.82, 2.24) is 5.32 Å². The number of amides is 1. The Hall–Kier alpha value is -1.01. The molecule has 1 amide bonds. The lowest BCUT2D eigenvalue weighted by Gasteiger charge is -2.21. The molecule has 0 rings (SSSR count). The summed E-state index contributed by atoms with van der Waals surface area (Å²) in [7, 11) is 0. The molecule has 0 saturated heterocycles. The summed E-state index contributed by atoms with van der Waals surface area (Å²) in [6, 6.07) is -0.773. The van der Waals surface area contributed by atoms with Crippen LogP contribution in [0.5, 0.6) is 0 Å². The lowest BCUT2D eigenvalue weighted by atomic mass is 10.2. The molecule has 0 fully saturated rings. The molecule has 0 aliphatic heterocycles. The van der Waals surface area contributed by atoms with Crippen LogP contribution < -0.4 is 28.9 Å². The number of aliphatic hydroxyl groups is 1. The van der Waals surface area contributed by atoms with E-state index in [1.54, 1.807) is 20.8 Å². The zero-order valence-electron chi connectivity index (χ0n) is 9.08. The lowest BCUT2D eigenvalue weighted by Crippen LogP contribution is -3.00. The first-order chi connectivity index (χ1) is 6.26. The van der Waals surface area contributed by atoms with E-state index in [-0.39, 0.29) is 24.8 Å². The number of halogens is 1. The first-order valence-electron chi connectivity index (χ1n) is 4.24. The van der Waals surface area contributed by atoms with Gasteiger partial charge in [0.25, 0.3) is 5.84 Å². The van der Waals surface area contributed by atoms with E-state index in [4.69, 9.17) is 21.0 Å². The summed E-state index contributed by atoms with van der Waals surface area (Å²) in [5.41, 5.74) is 4.63. The fourth-order valence-corrected chi connectivity index (χ4v) is 0.684. The molecule has 0 aromatic heterocycles. The Balaban J connectivity index is 0. The van der Waals surface area contributed by atoms with Crippen molar-refractivity contribution in [3.63, 3.8) is 0 Å². The van der Waals surface area contributed by atoms with Crippen molar-refractivity contribution in [2.75, 3.05) is 6.61 Å². The number of carbonyl (C=O) groups is 1. The molecule has 15 heavy (non-hydrogen) atoms. The Morgan fingerprint density at radius 2 is 2.07 bits per heavy atom. The SMILES string of the molecule is CC(C)(C)OC(=O)NC(CO)C(N)=[NH2+].[Cl-]. The highest BCUT2D eigenvalue weighted by molar-refractivity contribution is 5.84. The van der Waals surface area contributed by atoms with Gasteiger partial charge in [0.15, 0.2) is 6.04 Å². The van der Waals surface area contributed by atoms with Crippen LogP contribution in [0.2, 0.25) is 0 Å². The second-order valence-electron chi connectivity index (χ2n) is 3.88. The van der Waals surface area contributed by atoms with Crippen LogP contribution in [0.4, 0.5) is 4.79 Å². The fraction of sp³-hybridized carbons (Fsp3) is 0.750. The van der Waals surface area contributed by atoms with E-state index < -0.39 is 17.7 Å². The van der Waals surface area contributed by atoms with Gasteiger partial charge in [0.2, 0.25) is 0 Å². The summed E-state index contributed by atoms with van der Waals surface area (Å²) in [6.07, 6.45) is -0.662. The predicted octanol–water partition coefficient (Wildman–Crippen LogP) is -5.01. The van der Waals surface area contributed by atoms with Crippen LogP contribution in [-0.2, 0) is 4.74 Å². The summed E-state index contributed by atoms with van der Waals surface area (Å²) < 4.78 is 4.93. The maximum atomic E-state index is 11.2. The summed E-state index contributed by atoms with van der Waals surface area (Å²) in [4.78, 5) is 11.2. The fourth-order valence-electron chi connectivity index (χ4n) is 0.684. The third-order valence-corrected chi connectivity index (χ3v) is 1.28. The van der Waals surface area contributed by atoms with E-state index in [0.717, 1.165) is 0 Å². The van der Waals surface area contributed by atoms with E-state index in [1.807, 2.05) is 0 Å². The first-order valence-corrected chi connectivity index (χ1v) is 4.24. The van der Waals surface area contributed by atoms with Gasteiger partial charge in [-0.1, -0.05) is 0 Å². The molecule has 0 bridgehead atoms. The summed E-state index contributed by atoms with van der Waals surface area (Å²) in [5, 5.41) is 16.3. The molecule has 0 radical (unpaired) electrons. The van der Waals surface area contributed by atoms with Gasteiger partial charge in [-0.3, -0.25) is 11.1 Å². The van der Waals surface area contributed by atoms with Gasteiger partial charge in [-0.25, -0.2) is 4.79 Å². The number of ether oxygens (including phenoxy) is 1. The monoisotopic (exact) mass is 239 g/mol. The van der Waals surface area contributed by atoms with Crippen LogP contribution in [0.25, 0.3) is 0 Å². The third kappa shape index (κ3) is 8.02. The third-order valence-electron chi connectivity index (χ3n) is 1.28. The van der Waals surface area contributed by atoms with E-state index >= 15 is 0 Å². The molecule has 0 spiro atoms. The zero-order valence-corrected chi connectivity index (χ0v) is 9.84. The van der Waals surface area contributed by atoms with Crippen molar-refractivity contribution in [2.24, 2.45) is 5.73 Å². The molecule has 0 saturated carbocycles. The molecule has 0 aliphatic carbocycles. The number of hydrogen-bond acceptors (Lipinski definition) is 3. The Kier molecular flexibility index (Phi) is 7.08. The average molecular weight is 240 g/mol. The van der Waals surface area contributed by atoms with Crippen molar-refractivity contribution in [3.05, 3.63) is 0 Å². The summed E-state index contributed by atoms with van der Waals surface area (Å²) in [5.74, 6) is -0.0571. The van der Waals surface area contributed by atoms with Gasteiger partial charge in [0.1, 0.15) is 5.60 Å². The Bertz CT molecular complexity index is 228. The van der Waals surface area contributed by atoms with Gasteiger partial charge in [-0.15, -0.1) is 0 Å². The van der Waals surface area contributed by atoms with E-state index in [1.165, 1.54) is 0 Å². The number of amidine groups is 1. The van der Waals surface area contributed by atoms with Crippen LogP contribution in [0.3, 0.4) is 0 Å². The smallest absolute Gasteiger partial charge is 0.408 e. The molecule has 6 N–H and O–H groups in total. The van der Waals surface area contributed by atoms with Gasteiger partial charge in [-0.05, 0) is 20.8 Å². The summed E-state index contributed by atoms with van der Waals surface area (Å²) in [6.45, 7) is 4.84. The molecule has 7 heteroatoms. The number of alkyl carbamates (subject to hydrolysis) is 1. The predicted molar refractivity (Wildman–Crippen MR) is 51.4 cm³/mol. The Morgan fingerprint density at radius 3 is 2.33 bits per heavy atom. The number of hydrogen-bond donors (Lipinski definition) is 4. The second-order valence-corrected chi connectivity index (χ2v) is 3.88. The first kappa shape index (κ1) is 16.4. The minimum absolute atomic E-state index is 0. The molecule has 0 heterocycles. The topological polar surface area (TPSA) is 110 Å². The molecule has 0 aromatic rings. The van der Waals surface area contributed by atoms with Crippen molar-refractivity contribution in [1.29, 1.82) is 0 Å². The van der Waals surface area contributed by atoms with E-state index in [0.29, 0.717) is 0 Å². The lowest BCUT2D eigenvalue weighted by molar-refractivity contribution is -0.120. The zero-order chi connectivity index (χ0) is 11.4. The van der Waals surface area contributed by atoms with Gasteiger partial charge in [0.05, 0.1) is 6.61 Å². The van der Waals surface area contributed by atoms with Crippen molar-refractivity contribution in [3.8, 4) is 0 Å². The van der Waals surface area contributed by atoms with Crippen LogP contribution in [0, 0.1) is 0 Å². The second kappa shape index (κ2) is 6.47. The number of nitrogens with two attached hydrogens (primary N) is 2. The highest BCUT2D eigenvalue weighted by Crippen LogP contribution is 2.06. The van der Waals surface area contributed by atoms with Crippen molar-refractivity contribution < 1.29 is 32.5 Å². The molecule has 90 valence electrons. The maximum absolute atomic E-state index is 11.2. The normalized spacial score (nSPS) is 12.3. The van der Waals surface area contributed by atoms with Crippen molar-refractivity contribution in [2.45, 2.75) is 32.4 Å². The van der Waals surface area contributed by atoms with Crippen LogP contribution in [-0.4, -0.2) is 35.3 Å². The number of rotatable bonds is 3. The van der Waals surface area contributed by atoms with Gasteiger partial charge >= 0.3 is 6.09 Å². The molecule has 0 aliphatic rings. The number of aliphatic hydroxyl groups excluding tert-OH is 1. The van der Waals surface area contributed by atoms with Gasteiger partial charge < -0.3 is 27.6 Å². The number of carbonyl (C=O) groups excluding carboxylic acids is 1. The molecule has 0 aromatic carbocycles. The largest absolute Gasteiger partial charge is 1.00 e. The molecule has 6 nitrogen and oxygen atoms in total. The highest BCUT2D eigenvalue weighted by atomic mass is 35.5. The standard InChI is InChI=1S/C8H17N3O3.ClH/c1-8(2,3)14-7(13)11-5(4-12)6(9)10;/h5,12H,4H2,1-3H3,(H3,9,10)(H,11,13);1H. The van der Waals surface area contributed by atoms with Crippen molar-refractivity contribution >= 4 is 11.9 Å². The van der Waals surface area contributed by atoms with Crippen LogP contribution in [0.1, 0.15) is 20.8 Å².